The predicted octanol–water partition coefficient (Wildman–Crippen LogP) is 2.28. The van der Waals surface area contributed by atoms with E-state index < -0.39 is 5.91 Å². The largest absolute Gasteiger partial charge is 0.379 e. The number of nitrogens with one attached hydrogen (secondary N) is 2. The first-order valence-electron chi connectivity index (χ1n) is 7.97. The van der Waals surface area contributed by atoms with Crippen LogP contribution in [0.3, 0.4) is 0 Å². The lowest BCUT2D eigenvalue weighted by molar-refractivity contribution is 0.0346. The molecular formula is C16H25N5O2. The highest BCUT2D eigenvalue weighted by atomic mass is 16.5. The zero-order chi connectivity index (χ0) is 16.8. The Morgan fingerprint density at radius 2 is 2.13 bits per heavy atom. The summed E-state index contributed by atoms with van der Waals surface area (Å²) in [7, 11) is 0. The summed E-state index contributed by atoms with van der Waals surface area (Å²) in [6.45, 7) is 8.33. The number of primary amides is 1. The first kappa shape index (κ1) is 17.2. The van der Waals surface area contributed by atoms with Gasteiger partial charge in [-0.3, -0.25) is 4.79 Å². The van der Waals surface area contributed by atoms with Gasteiger partial charge in [0.25, 0.3) is 5.91 Å². The molecule has 7 heteroatoms. The molecule has 4 N–H and O–H groups in total. The number of nitrogens with zero attached hydrogens (tertiary/aromatic N) is 2. The summed E-state index contributed by atoms with van der Waals surface area (Å²) in [5.74, 6) is 0.293. The monoisotopic (exact) mass is 319 g/mol. The van der Waals surface area contributed by atoms with Gasteiger partial charge in [-0.1, -0.05) is 6.58 Å². The quantitative estimate of drug-likeness (QED) is 0.712. The molecule has 1 amide bonds. The van der Waals surface area contributed by atoms with E-state index in [1.165, 1.54) is 6.20 Å². The highest BCUT2D eigenvalue weighted by Crippen LogP contribution is 2.24. The number of hydrogen-bond donors (Lipinski definition) is 3. The molecule has 0 atom stereocenters. The van der Waals surface area contributed by atoms with Crippen molar-refractivity contribution in [1.82, 2.24) is 9.97 Å². The third-order valence-electron chi connectivity index (χ3n) is 3.80. The molecule has 1 aliphatic rings. The van der Waals surface area contributed by atoms with Crippen LogP contribution in [-0.2, 0) is 4.74 Å². The molecule has 1 aliphatic carbocycles. The molecule has 126 valence electrons. The van der Waals surface area contributed by atoms with E-state index in [4.69, 9.17) is 10.5 Å². The zero-order valence-electron chi connectivity index (χ0n) is 13.8. The third-order valence-corrected chi connectivity index (χ3v) is 3.80. The molecule has 0 unspecified atom stereocenters. The molecule has 1 aromatic rings. The van der Waals surface area contributed by atoms with Gasteiger partial charge in [0, 0.05) is 24.5 Å². The van der Waals surface area contributed by atoms with E-state index in [0.717, 1.165) is 32.3 Å². The summed E-state index contributed by atoms with van der Waals surface area (Å²) < 4.78 is 5.66. The molecule has 23 heavy (non-hydrogen) atoms. The lowest BCUT2D eigenvalue weighted by Crippen LogP contribution is -2.30. The van der Waals surface area contributed by atoms with Crippen molar-refractivity contribution in [1.29, 1.82) is 0 Å². The SMILES string of the molecule is C=C(C)Nc1nc(N[C@H]2CC[C@H](OCC)CC2)ncc1C(N)=O. The number of hydrogen-bond acceptors (Lipinski definition) is 6. The fourth-order valence-corrected chi connectivity index (χ4v) is 2.72. The van der Waals surface area contributed by atoms with Crippen LogP contribution in [0.4, 0.5) is 11.8 Å². The van der Waals surface area contributed by atoms with Gasteiger partial charge < -0.3 is 21.1 Å². The van der Waals surface area contributed by atoms with Crippen LogP contribution in [0.15, 0.2) is 18.5 Å². The lowest BCUT2D eigenvalue weighted by atomic mass is 9.93. The first-order valence-corrected chi connectivity index (χ1v) is 7.97. The van der Waals surface area contributed by atoms with Gasteiger partial charge in [0.2, 0.25) is 5.95 Å². The van der Waals surface area contributed by atoms with Crippen LogP contribution in [0.25, 0.3) is 0 Å². The summed E-state index contributed by atoms with van der Waals surface area (Å²) in [6, 6.07) is 0.309. The first-order chi connectivity index (χ1) is 11.0. The number of rotatable bonds is 7. The average Bonchev–Trinajstić information content (AvgIpc) is 2.49. The Labute approximate surface area is 136 Å². The minimum absolute atomic E-state index is 0.249. The highest BCUT2D eigenvalue weighted by Gasteiger charge is 2.22. The van der Waals surface area contributed by atoms with E-state index in [1.807, 2.05) is 6.92 Å². The molecule has 2 rings (SSSR count). The molecule has 0 aliphatic heterocycles. The Bertz CT molecular complexity index is 568. The van der Waals surface area contributed by atoms with E-state index in [9.17, 15) is 4.79 Å². The average molecular weight is 319 g/mol. The minimum atomic E-state index is -0.572. The van der Waals surface area contributed by atoms with Crippen molar-refractivity contribution in [2.24, 2.45) is 5.73 Å². The number of anilines is 2. The Hall–Kier alpha value is -2.15. The smallest absolute Gasteiger partial charge is 0.254 e. The van der Waals surface area contributed by atoms with Crippen LogP contribution in [0.1, 0.15) is 49.9 Å². The molecule has 0 aromatic carbocycles. The second-order valence-electron chi connectivity index (χ2n) is 5.80. The van der Waals surface area contributed by atoms with E-state index in [-0.39, 0.29) is 5.56 Å². The van der Waals surface area contributed by atoms with Crippen molar-refractivity contribution in [3.8, 4) is 0 Å². The van der Waals surface area contributed by atoms with Crippen molar-refractivity contribution >= 4 is 17.7 Å². The van der Waals surface area contributed by atoms with Crippen LogP contribution in [0, 0.1) is 0 Å². The van der Waals surface area contributed by atoms with E-state index in [0.29, 0.717) is 29.6 Å². The molecule has 1 aromatic heterocycles. The van der Waals surface area contributed by atoms with Gasteiger partial charge in [0.05, 0.1) is 6.10 Å². The maximum atomic E-state index is 11.4. The van der Waals surface area contributed by atoms with Crippen molar-refractivity contribution in [3.05, 3.63) is 24.0 Å². The standard InChI is InChI=1S/C16H25N5O2/c1-4-23-12-7-5-11(6-8-12)20-16-18-9-13(14(17)22)15(21-16)19-10(2)3/h9,11-12H,2,4-8H2,1,3H3,(H2,17,22)(H2,18,19,20,21)/t11-,12-. The van der Waals surface area contributed by atoms with Gasteiger partial charge in [0.1, 0.15) is 11.4 Å². The van der Waals surface area contributed by atoms with Gasteiger partial charge >= 0.3 is 0 Å². The van der Waals surface area contributed by atoms with Crippen LogP contribution >= 0.6 is 0 Å². The second kappa shape index (κ2) is 7.92. The minimum Gasteiger partial charge on any atom is -0.379 e. The molecule has 0 spiro atoms. The van der Waals surface area contributed by atoms with Gasteiger partial charge in [-0.05, 0) is 39.5 Å². The van der Waals surface area contributed by atoms with Crippen molar-refractivity contribution in [3.63, 3.8) is 0 Å². The number of aromatic nitrogens is 2. The van der Waals surface area contributed by atoms with E-state index >= 15 is 0 Å². The van der Waals surface area contributed by atoms with E-state index in [2.05, 4.69) is 27.2 Å². The molecule has 7 nitrogen and oxygen atoms in total. The number of nitrogens with two attached hydrogens (primary N) is 1. The number of carbonyl (C=O) groups excluding carboxylic acids is 1. The summed E-state index contributed by atoms with van der Waals surface area (Å²) in [5.41, 5.74) is 6.27. The number of ether oxygens (including phenoxy) is 1. The van der Waals surface area contributed by atoms with E-state index in [1.54, 1.807) is 6.92 Å². The maximum Gasteiger partial charge on any atom is 0.254 e. The molecular weight excluding hydrogens is 294 g/mol. The topological polar surface area (TPSA) is 102 Å². The molecule has 1 fully saturated rings. The third kappa shape index (κ3) is 4.92. The van der Waals surface area contributed by atoms with Crippen molar-refractivity contribution in [2.45, 2.75) is 51.7 Å². The highest BCUT2D eigenvalue weighted by molar-refractivity contribution is 5.97. The van der Waals surface area contributed by atoms with Crippen LogP contribution in [0.2, 0.25) is 0 Å². The van der Waals surface area contributed by atoms with Crippen LogP contribution in [0.5, 0.6) is 0 Å². The second-order valence-corrected chi connectivity index (χ2v) is 5.80. The lowest BCUT2D eigenvalue weighted by Gasteiger charge is -2.29. The number of carbonyl (C=O) groups is 1. The zero-order valence-corrected chi connectivity index (χ0v) is 13.8. The van der Waals surface area contributed by atoms with Crippen molar-refractivity contribution < 1.29 is 9.53 Å². The van der Waals surface area contributed by atoms with Crippen molar-refractivity contribution in [2.75, 3.05) is 17.2 Å². The Morgan fingerprint density at radius 1 is 1.43 bits per heavy atom. The summed E-state index contributed by atoms with van der Waals surface area (Å²) in [5, 5.41) is 6.27. The van der Waals surface area contributed by atoms with Gasteiger partial charge in [0.15, 0.2) is 0 Å². The van der Waals surface area contributed by atoms with Crippen LogP contribution in [-0.4, -0.2) is 34.6 Å². The summed E-state index contributed by atoms with van der Waals surface area (Å²) in [4.78, 5) is 20.0. The number of amides is 1. The van der Waals surface area contributed by atoms with Gasteiger partial charge in [-0.2, -0.15) is 4.98 Å². The fourth-order valence-electron chi connectivity index (χ4n) is 2.72. The molecule has 1 saturated carbocycles. The summed E-state index contributed by atoms with van der Waals surface area (Å²) >= 11 is 0. The molecule has 0 bridgehead atoms. The Kier molecular flexibility index (Phi) is 5.92. The molecule has 0 saturated heterocycles. The van der Waals surface area contributed by atoms with Gasteiger partial charge in [-0.25, -0.2) is 4.98 Å². The van der Waals surface area contributed by atoms with Crippen LogP contribution < -0.4 is 16.4 Å². The Morgan fingerprint density at radius 3 is 2.70 bits per heavy atom. The van der Waals surface area contributed by atoms with Gasteiger partial charge in [-0.15, -0.1) is 0 Å². The predicted molar refractivity (Wildman–Crippen MR) is 90.3 cm³/mol. The number of allylic oxidation sites excluding steroid dienone is 1. The Balaban J connectivity index is 2.03. The fraction of sp³-hybridized carbons (Fsp3) is 0.562. The molecule has 1 heterocycles. The normalized spacial score (nSPS) is 20.8. The molecule has 0 radical (unpaired) electrons. The maximum absolute atomic E-state index is 11.4. The summed E-state index contributed by atoms with van der Waals surface area (Å²) in [6.07, 6.45) is 5.87.